The van der Waals surface area contributed by atoms with Crippen molar-refractivity contribution in [2.45, 2.75) is 0 Å². The number of nitrogens with one attached hydrogen (secondary N) is 1. The smallest absolute Gasteiger partial charge is 0.354 e. The summed E-state index contributed by atoms with van der Waals surface area (Å²) in [5.74, 6) is -1.28. The predicted molar refractivity (Wildman–Crippen MR) is 79.7 cm³/mol. The standard InChI is InChI=1S/C16H15NO4/c1-20-15(18)10-14(16(19)21-2)17-13-9-5-7-11-6-3-4-8-12(11)13/h3-10,17H,1-2H3/b14-10-. The fourth-order valence-electron chi connectivity index (χ4n) is 1.91. The Balaban J connectivity index is 2.41. The Hall–Kier alpha value is -2.82. The third-order valence-electron chi connectivity index (χ3n) is 2.93. The Kier molecular flexibility index (Phi) is 4.56. The Morgan fingerprint density at radius 1 is 1.00 bits per heavy atom. The molecular weight excluding hydrogens is 270 g/mol. The minimum Gasteiger partial charge on any atom is -0.466 e. The largest absolute Gasteiger partial charge is 0.466 e. The van der Waals surface area contributed by atoms with Gasteiger partial charge < -0.3 is 14.8 Å². The zero-order valence-corrected chi connectivity index (χ0v) is 11.8. The van der Waals surface area contributed by atoms with Crippen molar-refractivity contribution in [2.24, 2.45) is 0 Å². The fourth-order valence-corrected chi connectivity index (χ4v) is 1.91. The Morgan fingerprint density at radius 2 is 1.71 bits per heavy atom. The summed E-state index contributed by atoms with van der Waals surface area (Å²) < 4.78 is 9.20. The highest BCUT2D eigenvalue weighted by atomic mass is 16.5. The molecule has 0 amide bonds. The number of anilines is 1. The van der Waals surface area contributed by atoms with E-state index in [1.165, 1.54) is 14.2 Å². The van der Waals surface area contributed by atoms with Crippen LogP contribution in [0.2, 0.25) is 0 Å². The molecule has 1 N–H and O–H groups in total. The molecule has 0 saturated carbocycles. The van der Waals surface area contributed by atoms with E-state index in [1.54, 1.807) is 0 Å². The van der Waals surface area contributed by atoms with E-state index >= 15 is 0 Å². The van der Waals surface area contributed by atoms with Crippen LogP contribution >= 0.6 is 0 Å². The van der Waals surface area contributed by atoms with Crippen LogP contribution in [-0.4, -0.2) is 26.2 Å². The molecule has 0 spiro atoms. The number of hydrogen-bond donors (Lipinski definition) is 1. The van der Waals surface area contributed by atoms with Crippen molar-refractivity contribution in [1.29, 1.82) is 0 Å². The zero-order valence-electron chi connectivity index (χ0n) is 11.8. The van der Waals surface area contributed by atoms with Crippen LogP contribution in [0.5, 0.6) is 0 Å². The Bertz CT molecular complexity index is 701. The topological polar surface area (TPSA) is 64.6 Å². The summed E-state index contributed by atoms with van der Waals surface area (Å²) in [6.07, 6.45) is 1.06. The monoisotopic (exact) mass is 285 g/mol. The van der Waals surface area contributed by atoms with Gasteiger partial charge in [-0.1, -0.05) is 36.4 Å². The van der Waals surface area contributed by atoms with Crippen molar-refractivity contribution >= 4 is 28.4 Å². The lowest BCUT2D eigenvalue weighted by molar-refractivity contribution is -0.138. The van der Waals surface area contributed by atoms with E-state index in [1.807, 2.05) is 42.5 Å². The SMILES string of the molecule is COC(=O)/C=C(\Nc1cccc2ccccc12)C(=O)OC. The molecule has 0 saturated heterocycles. The van der Waals surface area contributed by atoms with Gasteiger partial charge in [-0.05, 0) is 11.5 Å². The first-order valence-electron chi connectivity index (χ1n) is 6.28. The second-order valence-electron chi connectivity index (χ2n) is 4.22. The van der Waals surface area contributed by atoms with Gasteiger partial charge in [-0.15, -0.1) is 0 Å². The van der Waals surface area contributed by atoms with E-state index < -0.39 is 11.9 Å². The molecule has 0 atom stereocenters. The number of esters is 2. The second kappa shape index (κ2) is 6.56. The second-order valence-corrected chi connectivity index (χ2v) is 4.22. The zero-order chi connectivity index (χ0) is 15.2. The van der Waals surface area contributed by atoms with E-state index in [0.717, 1.165) is 16.8 Å². The van der Waals surface area contributed by atoms with Crippen LogP contribution in [0.1, 0.15) is 0 Å². The maximum Gasteiger partial charge on any atom is 0.354 e. The normalized spacial score (nSPS) is 11.0. The van der Waals surface area contributed by atoms with Gasteiger partial charge in [-0.2, -0.15) is 0 Å². The first-order chi connectivity index (χ1) is 10.2. The van der Waals surface area contributed by atoms with Crippen molar-refractivity contribution in [3.8, 4) is 0 Å². The molecule has 21 heavy (non-hydrogen) atoms. The summed E-state index contributed by atoms with van der Waals surface area (Å²) in [4.78, 5) is 23.1. The number of fused-ring (bicyclic) bond motifs is 1. The lowest BCUT2D eigenvalue weighted by Gasteiger charge is -2.11. The third kappa shape index (κ3) is 3.39. The molecule has 2 rings (SSSR count). The maximum absolute atomic E-state index is 11.7. The molecule has 0 aliphatic heterocycles. The molecule has 0 radical (unpaired) electrons. The van der Waals surface area contributed by atoms with Crippen molar-refractivity contribution in [2.75, 3.05) is 19.5 Å². The average Bonchev–Trinajstić information content (AvgIpc) is 2.53. The van der Waals surface area contributed by atoms with Crippen molar-refractivity contribution in [1.82, 2.24) is 0 Å². The summed E-state index contributed by atoms with van der Waals surface area (Å²) in [6.45, 7) is 0. The fraction of sp³-hybridized carbons (Fsp3) is 0.125. The summed E-state index contributed by atoms with van der Waals surface area (Å²) in [5, 5.41) is 4.87. The molecular formula is C16H15NO4. The van der Waals surface area contributed by atoms with Crippen LogP contribution in [0.4, 0.5) is 5.69 Å². The Labute approximate surface area is 122 Å². The lowest BCUT2D eigenvalue weighted by Crippen LogP contribution is -2.15. The predicted octanol–water partition coefficient (Wildman–Crippen LogP) is 2.48. The number of benzene rings is 2. The van der Waals surface area contributed by atoms with Crippen LogP contribution in [-0.2, 0) is 19.1 Å². The van der Waals surface area contributed by atoms with Gasteiger partial charge in [0.1, 0.15) is 5.70 Å². The molecule has 2 aromatic rings. The van der Waals surface area contributed by atoms with Gasteiger partial charge in [0.25, 0.3) is 0 Å². The van der Waals surface area contributed by atoms with Gasteiger partial charge in [0.2, 0.25) is 0 Å². The molecule has 0 aliphatic carbocycles. The van der Waals surface area contributed by atoms with E-state index in [2.05, 4.69) is 14.8 Å². The molecule has 0 aliphatic rings. The average molecular weight is 285 g/mol. The molecule has 0 aromatic heterocycles. The summed E-state index contributed by atoms with van der Waals surface area (Å²) in [6, 6.07) is 13.3. The lowest BCUT2D eigenvalue weighted by atomic mass is 10.1. The van der Waals surface area contributed by atoms with E-state index in [-0.39, 0.29) is 5.70 Å². The van der Waals surface area contributed by atoms with E-state index in [0.29, 0.717) is 5.69 Å². The number of carbonyl (C=O) groups excluding carboxylic acids is 2. The maximum atomic E-state index is 11.7. The minimum atomic E-state index is -0.645. The first-order valence-corrected chi connectivity index (χ1v) is 6.28. The van der Waals surface area contributed by atoms with Crippen LogP contribution in [0.25, 0.3) is 10.8 Å². The molecule has 0 fully saturated rings. The number of hydrogen-bond acceptors (Lipinski definition) is 5. The minimum absolute atomic E-state index is 0.0145. The molecule has 5 nitrogen and oxygen atoms in total. The molecule has 2 aromatic carbocycles. The van der Waals surface area contributed by atoms with Gasteiger partial charge in [0, 0.05) is 11.1 Å². The number of methoxy groups -OCH3 is 2. The summed E-state index contributed by atoms with van der Waals surface area (Å²) in [7, 11) is 2.49. The van der Waals surface area contributed by atoms with Crippen LogP contribution in [0, 0.1) is 0 Å². The highest BCUT2D eigenvalue weighted by Gasteiger charge is 2.13. The van der Waals surface area contributed by atoms with Crippen LogP contribution in [0.3, 0.4) is 0 Å². The number of ether oxygens (including phenoxy) is 2. The molecule has 0 heterocycles. The van der Waals surface area contributed by atoms with Crippen LogP contribution in [0.15, 0.2) is 54.2 Å². The molecule has 0 unspecified atom stereocenters. The van der Waals surface area contributed by atoms with Gasteiger partial charge in [0.05, 0.1) is 20.3 Å². The van der Waals surface area contributed by atoms with Crippen molar-refractivity contribution in [3.63, 3.8) is 0 Å². The Morgan fingerprint density at radius 3 is 2.43 bits per heavy atom. The molecule has 0 bridgehead atoms. The number of carbonyl (C=O) groups is 2. The quantitative estimate of drug-likeness (QED) is 0.690. The molecule has 5 heteroatoms. The van der Waals surface area contributed by atoms with Crippen molar-refractivity contribution < 1.29 is 19.1 Å². The van der Waals surface area contributed by atoms with Gasteiger partial charge in [-0.3, -0.25) is 0 Å². The molecule has 108 valence electrons. The highest BCUT2D eigenvalue weighted by Crippen LogP contribution is 2.24. The third-order valence-corrected chi connectivity index (χ3v) is 2.93. The highest BCUT2D eigenvalue weighted by molar-refractivity contribution is 6.02. The first kappa shape index (κ1) is 14.6. The van der Waals surface area contributed by atoms with E-state index in [9.17, 15) is 9.59 Å². The summed E-state index contributed by atoms with van der Waals surface area (Å²) in [5.41, 5.74) is 0.717. The van der Waals surface area contributed by atoms with Crippen molar-refractivity contribution in [3.05, 3.63) is 54.2 Å². The van der Waals surface area contributed by atoms with Gasteiger partial charge >= 0.3 is 11.9 Å². The van der Waals surface area contributed by atoms with Gasteiger partial charge in [0.15, 0.2) is 0 Å². The van der Waals surface area contributed by atoms with Crippen LogP contribution < -0.4 is 5.32 Å². The number of rotatable bonds is 4. The summed E-state index contributed by atoms with van der Waals surface area (Å²) >= 11 is 0. The van der Waals surface area contributed by atoms with E-state index in [4.69, 9.17) is 0 Å². The van der Waals surface area contributed by atoms with Gasteiger partial charge in [-0.25, -0.2) is 9.59 Å².